The molecule has 0 bridgehead atoms. The van der Waals surface area contributed by atoms with Crippen LogP contribution >= 0.6 is 0 Å². The Balaban J connectivity index is 3.80. The summed E-state index contributed by atoms with van der Waals surface area (Å²) in [6.45, 7) is 4.15. The Hall–Kier alpha value is -3.73. The molecule has 354 valence electrons. The van der Waals surface area contributed by atoms with E-state index in [2.05, 4.69) is 153 Å². The Morgan fingerprint density at radius 1 is 0.397 bits per heavy atom. The summed E-state index contributed by atoms with van der Waals surface area (Å²) in [5.41, 5.74) is 0. The lowest BCUT2D eigenvalue weighted by Crippen LogP contribution is -2.45. The van der Waals surface area contributed by atoms with Crippen LogP contribution in [0.2, 0.25) is 0 Å². The van der Waals surface area contributed by atoms with Gasteiger partial charge in [-0.3, -0.25) is 4.79 Å². The largest absolute Gasteiger partial charge is 0.394 e. The fraction of sp³-hybridized carbons (Fsp3) is 0.576. The molecule has 2 unspecified atom stereocenters. The second kappa shape index (κ2) is 52.6. The van der Waals surface area contributed by atoms with Crippen LogP contribution < -0.4 is 5.32 Å². The lowest BCUT2D eigenvalue weighted by atomic mass is 10.0. The molecule has 3 N–H and O–H groups in total. The first-order valence-electron chi connectivity index (χ1n) is 25.5. The molecule has 0 aliphatic carbocycles. The van der Waals surface area contributed by atoms with Crippen LogP contribution in [0.1, 0.15) is 200 Å². The molecular weight excluding hydrogens is 771 g/mol. The van der Waals surface area contributed by atoms with Gasteiger partial charge in [0.15, 0.2) is 0 Å². The summed E-state index contributed by atoms with van der Waals surface area (Å²) in [5.74, 6) is -0.142. The highest BCUT2D eigenvalue weighted by Gasteiger charge is 2.17. The Kier molecular flexibility index (Phi) is 49.5. The number of rotatable bonds is 44. The monoisotopic (exact) mass is 866 g/mol. The van der Waals surface area contributed by atoms with Crippen LogP contribution in [0.4, 0.5) is 0 Å². The van der Waals surface area contributed by atoms with Crippen molar-refractivity contribution < 1.29 is 15.0 Å². The number of aliphatic hydroxyl groups is 2. The third kappa shape index (κ3) is 49.1. The first-order chi connectivity index (χ1) is 31.2. The molecule has 1 amide bonds. The smallest absolute Gasteiger partial charge is 0.220 e. The maximum atomic E-state index is 12.4. The van der Waals surface area contributed by atoms with E-state index in [0.717, 1.165) is 96.3 Å². The molecule has 0 radical (unpaired) electrons. The van der Waals surface area contributed by atoms with Crippen molar-refractivity contribution in [2.45, 2.75) is 212 Å². The lowest BCUT2D eigenvalue weighted by Gasteiger charge is -2.19. The number of hydrogen-bond donors (Lipinski definition) is 3. The van der Waals surface area contributed by atoms with Crippen molar-refractivity contribution in [1.29, 1.82) is 0 Å². The molecule has 0 aromatic carbocycles. The summed E-state index contributed by atoms with van der Waals surface area (Å²) in [5, 5.41) is 23.0. The molecule has 0 saturated heterocycles. The standard InChI is InChI=1S/C59H95NO3/c1-3-5-7-9-11-13-15-17-19-21-23-25-27-28-29-30-31-32-33-35-37-39-41-43-45-47-49-51-53-55-59(63)60-57(56-61)58(62)54-52-50-48-46-44-42-40-38-36-34-26-24-22-20-18-16-14-12-10-8-6-4-2/h5,7,11,13,17,19,23,25,28-29,31-32,35-38,41,43-44,46-47,49,52,54,57-58,61-62H,3-4,6,8-10,12,14-16,18,20-22,24,26-27,30,33-34,39-40,42,45,48,50-51,53,55-56H2,1-2H3,(H,60,63)/b7-5-,13-11-,19-17-,25-23-,29-28-,32-31-,37-35-,38-36+,43-41-,46-44+,49-47-,54-52+. The number of amides is 1. The van der Waals surface area contributed by atoms with Crippen LogP contribution in [-0.2, 0) is 4.79 Å². The normalized spacial score (nSPS) is 14.2. The molecule has 4 heteroatoms. The number of aliphatic hydroxyl groups excluding tert-OH is 2. The molecule has 4 nitrogen and oxygen atoms in total. The summed E-state index contributed by atoms with van der Waals surface area (Å²) in [4.78, 5) is 12.4. The van der Waals surface area contributed by atoms with Crippen LogP contribution in [0.25, 0.3) is 0 Å². The van der Waals surface area contributed by atoms with Gasteiger partial charge in [0.05, 0.1) is 18.8 Å². The Morgan fingerprint density at radius 2 is 0.714 bits per heavy atom. The van der Waals surface area contributed by atoms with Gasteiger partial charge in [-0.15, -0.1) is 0 Å². The van der Waals surface area contributed by atoms with Crippen molar-refractivity contribution in [2.75, 3.05) is 6.61 Å². The predicted octanol–water partition coefficient (Wildman–Crippen LogP) is 16.9. The zero-order valence-corrected chi connectivity index (χ0v) is 40.5. The first-order valence-corrected chi connectivity index (χ1v) is 25.5. The number of allylic oxidation sites excluding steroid dienone is 23. The molecular formula is C59H95NO3. The molecule has 0 aliphatic rings. The Bertz CT molecular complexity index is 1350. The summed E-state index contributed by atoms with van der Waals surface area (Å²) in [6, 6.07) is -0.689. The van der Waals surface area contributed by atoms with Crippen LogP contribution in [-0.4, -0.2) is 34.9 Å². The number of carbonyl (C=O) groups excluding carboxylic acids is 1. The predicted molar refractivity (Wildman–Crippen MR) is 280 cm³/mol. The zero-order valence-electron chi connectivity index (χ0n) is 40.5. The molecule has 63 heavy (non-hydrogen) atoms. The minimum Gasteiger partial charge on any atom is -0.394 e. The third-order valence-corrected chi connectivity index (χ3v) is 10.5. The van der Waals surface area contributed by atoms with Gasteiger partial charge in [-0.25, -0.2) is 0 Å². The molecule has 0 aromatic heterocycles. The van der Waals surface area contributed by atoms with Gasteiger partial charge in [-0.05, 0) is 109 Å². The van der Waals surface area contributed by atoms with E-state index in [9.17, 15) is 15.0 Å². The van der Waals surface area contributed by atoms with Crippen molar-refractivity contribution in [2.24, 2.45) is 0 Å². The zero-order chi connectivity index (χ0) is 45.6. The first kappa shape index (κ1) is 59.3. The van der Waals surface area contributed by atoms with Gasteiger partial charge in [0, 0.05) is 6.42 Å². The van der Waals surface area contributed by atoms with Gasteiger partial charge >= 0.3 is 0 Å². The topological polar surface area (TPSA) is 69.6 Å². The summed E-state index contributed by atoms with van der Waals surface area (Å²) in [7, 11) is 0. The van der Waals surface area contributed by atoms with Gasteiger partial charge in [0.25, 0.3) is 0 Å². The van der Waals surface area contributed by atoms with Gasteiger partial charge in [0.2, 0.25) is 5.91 Å². The fourth-order valence-corrected chi connectivity index (χ4v) is 6.68. The van der Waals surface area contributed by atoms with Crippen molar-refractivity contribution in [3.8, 4) is 0 Å². The highest BCUT2D eigenvalue weighted by atomic mass is 16.3. The summed E-state index contributed by atoms with van der Waals surface area (Å²) in [6.07, 6.45) is 84.1. The average molecular weight is 866 g/mol. The van der Waals surface area contributed by atoms with Gasteiger partial charge in [-0.2, -0.15) is 0 Å². The van der Waals surface area contributed by atoms with E-state index in [1.54, 1.807) is 6.08 Å². The van der Waals surface area contributed by atoms with E-state index in [4.69, 9.17) is 0 Å². The number of unbranched alkanes of at least 4 members (excludes halogenated alkanes) is 15. The second-order valence-corrected chi connectivity index (χ2v) is 16.5. The van der Waals surface area contributed by atoms with Crippen LogP contribution in [0.5, 0.6) is 0 Å². The van der Waals surface area contributed by atoms with E-state index >= 15 is 0 Å². The van der Waals surface area contributed by atoms with Crippen molar-refractivity contribution in [1.82, 2.24) is 5.32 Å². The molecule has 0 heterocycles. The molecule has 0 rings (SSSR count). The van der Waals surface area contributed by atoms with Crippen molar-refractivity contribution >= 4 is 5.91 Å². The van der Waals surface area contributed by atoms with Crippen molar-refractivity contribution in [3.05, 3.63) is 146 Å². The quantitative estimate of drug-likeness (QED) is 0.0422. The maximum Gasteiger partial charge on any atom is 0.220 e. The van der Waals surface area contributed by atoms with E-state index < -0.39 is 12.1 Å². The molecule has 2 atom stereocenters. The van der Waals surface area contributed by atoms with Crippen LogP contribution in [0.15, 0.2) is 146 Å². The molecule has 0 fully saturated rings. The molecule has 0 saturated carbocycles. The van der Waals surface area contributed by atoms with Gasteiger partial charge in [0.1, 0.15) is 0 Å². The van der Waals surface area contributed by atoms with Crippen LogP contribution in [0, 0.1) is 0 Å². The fourth-order valence-electron chi connectivity index (χ4n) is 6.68. The van der Waals surface area contributed by atoms with E-state index in [-0.39, 0.29) is 12.5 Å². The third-order valence-electron chi connectivity index (χ3n) is 10.5. The maximum absolute atomic E-state index is 12.4. The van der Waals surface area contributed by atoms with Gasteiger partial charge in [-0.1, -0.05) is 230 Å². The Morgan fingerprint density at radius 3 is 1.11 bits per heavy atom. The minimum absolute atomic E-state index is 0.142. The minimum atomic E-state index is -0.906. The highest BCUT2D eigenvalue weighted by molar-refractivity contribution is 5.76. The van der Waals surface area contributed by atoms with Crippen LogP contribution in [0.3, 0.4) is 0 Å². The molecule has 0 spiro atoms. The van der Waals surface area contributed by atoms with Gasteiger partial charge < -0.3 is 15.5 Å². The number of carbonyl (C=O) groups is 1. The average Bonchev–Trinajstić information content (AvgIpc) is 3.29. The lowest BCUT2D eigenvalue weighted by molar-refractivity contribution is -0.122. The molecule has 0 aliphatic heterocycles. The summed E-state index contributed by atoms with van der Waals surface area (Å²) >= 11 is 0. The van der Waals surface area contributed by atoms with E-state index in [1.165, 1.54) is 83.5 Å². The number of nitrogens with one attached hydrogen (secondary N) is 1. The molecule has 0 aromatic rings. The van der Waals surface area contributed by atoms with Crippen molar-refractivity contribution in [3.63, 3.8) is 0 Å². The van der Waals surface area contributed by atoms with E-state index in [0.29, 0.717) is 6.42 Å². The second-order valence-electron chi connectivity index (χ2n) is 16.5. The Labute approximate surface area is 389 Å². The SMILES string of the molecule is CC/C=C\C/C=C\C/C=C\C/C=C\C/C=C\C/C=C\C/C=C\C/C=C\C/C=C\CCCC(=O)NC(CO)C(O)/C=C/CC/C=C/CC/C=C/CCCCCCCCCCCCCC. The summed E-state index contributed by atoms with van der Waals surface area (Å²) < 4.78 is 0. The highest BCUT2D eigenvalue weighted by Crippen LogP contribution is 2.13. The van der Waals surface area contributed by atoms with E-state index in [1.807, 2.05) is 6.08 Å². The number of hydrogen-bond acceptors (Lipinski definition) is 3.